The van der Waals surface area contributed by atoms with Gasteiger partial charge in [-0.05, 0) is 48.4 Å². The zero-order valence-electron chi connectivity index (χ0n) is 20.8. The van der Waals surface area contributed by atoms with Gasteiger partial charge < -0.3 is 10.2 Å². The van der Waals surface area contributed by atoms with Gasteiger partial charge in [-0.3, -0.25) is 23.4 Å². The number of amides is 2. The van der Waals surface area contributed by atoms with Crippen LogP contribution in [-0.2, 0) is 13.1 Å². The first-order valence-corrected chi connectivity index (χ1v) is 11.8. The van der Waals surface area contributed by atoms with Crippen molar-refractivity contribution in [3.63, 3.8) is 0 Å². The lowest BCUT2D eigenvalue weighted by Gasteiger charge is -2.13. The summed E-state index contributed by atoms with van der Waals surface area (Å²) < 4.78 is 3.25. The molecule has 0 bridgehead atoms. The Balaban J connectivity index is 1.47. The van der Waals surface area contributed by atoms with E-state index in [0.29, 0.717) is 34.4 Å². The van der Waals surface area contributed by atoms with E-state index in [1.807, 2.05) is 43.3 Å². The average Bonchev–Trinajstić information content (AvgIpc) is 3.40. The van der Waals surface area contributed by atoms with Gasteiger partial charge in [-0.2, -0.15) is 0 Å². The number of aromatic nitrogens is 4. The van der Waals surface area contributed by atoms with E-state index in [0.717, 1.165) is 16.7 Å². The number of hydrogen-bond donors (Lipinski definition) is 1. The first-order chi connectivity index (χ1) is 17.8. The number of fused-ring (bicyclic) bond motifs is 3. The van der Waals surface area contributed by atoms with Crippen LogP contribution in [-0.4, -0.2) is 50.0 Å². The third-order valence-electron chi connectivity index (χ3n) is 6.29. The van der Waals surface area contributed by atoms with Crippen molar-refractivity contribution in [1.29, 1.82) is 0 Å². The lowest BCUT2D eigenvalue weighted by Crippen LogP contribution is -2.26. The van der Waals surface area contributed by atoms with Crippen LogP contribution in [0.4, 0.5) is 0 Å². The number of nitrogens with one attached hydrogen (secondary N) is 1. The zero-order valence-corrected chi connectivity index (χ0v) is 20.8. The molecule has 0 unspecified atom stereocenters. The number of benzene rings is 3. The summed E-state index contributed by atoms with van der Waals surface area (Å²) >= 11 is 0. The van der Waals surface area contributed by atoms with E-state index in [9.17, 15) is 14.4 Å². The van der Waals surface area contributed by atoms with Gasteiger partial charge in [0, 0.05) is 31.8 Å². The second-order valence-electron chi connectivity index (χ2n) is 9.19. The quantitative estimate of drug-likeness (QED) is 0.391. The summed E-state index contributed by atoms with van der Waals surface area (Å²) in [5.41, 5.74) is 4.26. The Bertz CT molecular complexity index is 1680. The Hall–Kier alpha value is -4.79. The largest absolute Gasteiger partial charge is 0.348 e. The molecule has 0 saturated carbocycles. The second-order valence-corrected chi connectivity index (χ2v) is 9.19. The molecule has 0 radical (unpaired) electrons. The lowest BCUT2D eigenvalue weighted by molar-refractivity contribution is 0.0827. The summed E-state index contributed by atoms with van der Waals surface area (Å²) in [6.45, 7) is 2.63. The van der Waals surface area contributed by atoms with E-state index in [2.05, 4.69) is 15.5 Å². The maximum absolute atomic E-state index is 13.6. The highest BCUT2D eigenvalue weighted by atomic mass is 16.2. The molecule has 5 rings (SSSR count). The monoisotopic (exact) mass is 494 g/mol. The van der Waals surface area contributed by atoms with E-state index >= 15 is 0 Å². The molecule has 2 amide bonds. The Labute approximate surface area is 213 Å². The van der Waals surface area contributed by atoms with Crippen LogP contribution in [0.15, 0.2) is 77.9 Å². The normalized spacial score (nSPS) is 11.1. The van der Waals surface area contributed by atoms with Gasteiger partial charge in [0.1, 0.15) is 6.33 Å². The predicted molar refractivity (Wildman–Crippen MR) is 141 cm³/mol. The summed E-state index contributed by atoms with van der Waals surface area (Å²) in [5, 5.41) is 11.5. The van der Waals surface area contributed by atoms with Crippen LogP contribution in [0.2, 0.25) is 0 Å². The molecular formula is C28H26N6O3. The van der Waals surface area contributed by atoms with Crippen molar-refractivity contribution in [3.05, 3.63) is 111 Å². The second kappa shape index (κ2) is 9.69. The number of aryl methyl sites for hydroxylation is 1. The van der Waals surface area contributed by atoms with Gasteiger partial charge in [-0.15, -0.1) is 10.2 Å². The highest BCUT2D eigenvalue weighted by Gasteiger charge is 2.16. The van der Waals surface area contributed by atoms with Gasteiger partial charge in [0.25, 0.3) is 17.4 Å². The summed E-state index contributed by atoms with van der Waals surface area (Å²) in [5.74, 6) is 0.0309. The fraction of sp³-hybridized carbons (Fsp3) is 0.179. The highest BCUT2D eigenvalue weighted by molar-refractivity contribution is 5.98. The number of nitrogens with zero attached hydrogens (tertiary/aromatic N) is 5. The Kier molecular flexibility index (Phi) is 6.27. The zero-order chi connectivity index (χ0) is 26.1. The third-order valence-corrected chi connectivity index (χ3v) is 6.29. The van der Waals surface area contributed by atoms with Crippen molar-refractivity contribution >= 4 is 28.5 Å². The smallest absolute Gasteiger partial charge is 0.263 e. The molecule has 0 atom stereocenters. The molecule has 2 heterocycles. The number of hydrogen-bond acceptors (Lipinski definition) is 5. The molecule has 37 heavy (non-hydrogen) atoms. The lowest BCUT2D eigenvalue weighted by atomic mass is 10.1. The van der Waals surface area contributed by atoms with Crippen LogP contribution in [0.3, 0.4) is 0 Å². The first-order valence-electron chi connectivity index (χ1n) is 11.8. The van der Waals surface area contributed by atoms with E-state index in [1.54, 1.807) is 55.2 Å². The van der Waals surface area contributed by atoms with Gasteiger partial charge in [-0.25, -0.2) is 0 Å². The molecule has 0 aliphatic carbocycles. The molecule has 0 aliphatic rings. The van der Waals surface area contributed by atoms with Crippen LogP contribution >= 0.6 is 0 Å². The molecule has 0 saturated heterocycles. The van der Waals surface area contributed by atoms with Crippen molar-refractivity contribution in [2.45, 2.75) is 20.0 Å². The van der Waals surface area contributed by atoms with Gasteiger partial charge in [-0.1, -0.05) is 42.0 Å². The van der Waals surface area contributed by atoms with E-state index in [1.165, 1.54) is 9.47 Å². The number of carbonyl (C=O) groups excluding carboxylic acids is 2. The van der Waals surface area contributed by atoms with Crippen molar-refractivity contribution < 1.29 is 9.59 Å². The molecule has 0 aliphatic heterocycles. The topological polar surface area (TPSA) is 102 Å². The molecule has 1 N–H and O–H groups in total. The molecule has 0 spiro atoms. The van der Waals surface area contributed by atoms with E-state index < -0.39 is 0 Å². The van der Waals surface area contributed by atoms with Gasteiger partial charge >= 0.3 is 0 Å². The summed E-state index contributed by atoms with van der Waals surface area (Å²) in [6.07, 6.45) is 1.55. The minimum Gasteiger partial charge on any atom is -0.348 e. The van der Waals surface area contributed by atoms with Crippen molar-refractivity contribution in [2.75, 3.05) is 14.1 Å². The average molecular weight is 495 g/mol. The van der Waals surface area contributed by atoms with Crippen LogP contribution in [0.5, 0.6) is 0 Å². The molecule has 2 aromatic heterocycles. The molecular weight excluding hydrogens is 468 g/mol. The van der Waals surface area contributed by atoms with Crippen molar-refractivity contribution in [3.8, 4) is 0 Å². The number of carbonyl (C=O) groups is 2. The molecule has 5 aromatic rings. The molecule has 9 nitrogen and oxygen atoms in total. The van der Waals surface area contributed by atoms with Crippen molar-refractivity contribution in [1.82, 2.24) is 29.4 Å². The Morgan fingerprint density at radius 1 is 0.919 bits per heavy atom. The van der Waals surface area contributed by atoms with Crippen LogP contribution in [0.1, 0.15) is 37.4 Å². The van der Waals surface area contributed by atoms with E-state index in [4.69, 9.17) is 0 Å². The molecule has 0 fully saturated rings. The maximum Gasteiger partial charge on any atom is 0.263 e. The summed E-state index contributed by atoms with van der Waals surface area (Å²) in [6, 6.07) is 20.1. The van der Waals surface area contributed by atoms with Gasteiger partial charge in [0.2, 0.25) is 5.78 Å². The minimum atomic E-state index is -0.280. The third kappa shape index (κ3) is 4.71. The standard InChI is InChI=1S/C28H26N6O3/c1-18-4-6-19(7-5-18)15-29-25(35)22-12-13-24-23(14-22)27(37)33(28-31-30-17-34(24)28)16-20-8-10-21(11-9-20)26(36)32(2)3/h4-14,17H,15-16H2,1-3H3,(H,29,35). The predicted octanol–water partition coefficient (Wildman–Crippen LogP) is 3.03. The SMILES string of the molecule is Cc1ccc(CNC(=O)c2ccc3c(c2)c(=O)n(Cc2ccc(C(=O)N(C)C)cc2)c2nncn32)cc1. The fourth-order valence-corrected chi connectivity index (χ4v) is 4.20. The number of rotatable bonds is 6. The fourth-order valence-electron chi connectivity index (χ4n) is 4.20. The molecule has 3 aromatic carbocycles. The van der Waals surface area contributed by atoms with Crippen LogP contribution in [0.25, 0.3) is 16.7 Å². The van der Waals surface area contributed by atoms with E-state index in [-0.39, 0.29) is 23.9 Å². The van der Waals surface area contributed by atoms with Crippen LogP contribution in [0, 0.1) is 6.92 Å². The Morgan fingerprint density at radius 2 is 1.59 bits per heavy atom. The molecule has 9 heteroatoms. The van der Waals surface area contributed by atoms with Crippen molar-refractivity contribution in [2.24, 2.45) is 0 Å². The maximum atomic E-state index is 13.6. The molecule has 186 valence electrons. The van der Waals surface area contributed by atoms with Gasteiger partial charge in [0.15, 0.2) is 0 Å². The van der Waals surface area contributed by atoms with Crippen LogP contribution < -0.4 is 10.9 Å². The summed E-state index contributed by atoms with van der Waals surface area (Å²) in [7, 11) is 3.40. The van der Waals surface area contributed by atoms with Gasteiger partial charge in [0.05, 0.1) is 17.4 Å². The first kappa shape index (κ1) is 23.9. The summed E-state index contributed by atoms with van der Waals surface area (Å²) in [4.78, 5) is 40.2. The Morgan fingerprint density at radius 3 is 2.30 bits per heavy atom. The highest BCUT2D eigenvalue weighted by Crippen LogP contribution is 2.17. The minimum absolute atomic E-state index is 0.0950.